The lowest BCUT2D eigenvalue weighted by Crippen LogP contribution is -2.41. The van der Waals surface area contributed by atoms with Crippen LogP contribution in [0, 0.1) is 0 Å². The second kappa shape index (κ2) is 5.98. The molecule has 2 aromatic carbocycles. The maximum Gasteiger partial charge on any atom is 0.491 e. The first-order valence-corrected chi connectivity index (χ1v) is 8.98. The normalized spacial score (nSPS) is 19.6. The summed E-state index contributed by atoms with van der Waals surface area (Å²) >= 11 is 0. The van der Waals surface area contributed by atoms with Gasteiger partial charge in [-0.1, -0.05) is 30.3 Å². The van der Waals surface area contributed by atoms with E-state index in [1.165, 1.54) is 0 Å². The minimum Gasteiger partial charge on any atom is -0.456 e. The molecule has 1 aliphatic rings. The van der Waals surface area contributed by atoms with Crippen LogP contribution in [0.3, 0.4) is 0 Å². The van der Waals surface area contributed by atoms with Crippen LogP contribution in [-0.2, 0) is 9.31 Å². The Morgan fingerprint density at radius 1 is 0.962 bits per heavy atom. The van der Waals surface area contributed by atoms with Crippen molar-refractivity contribution < 1.29 is 13.7 Å². The third-order valence-corrected chi connectivity index (χ3v) is 5.54. The number of nitrogens with two attached hydrogens (primary N) is 1. The summed E-state index contributed by atoms with van der Waals surface area (Å²) in [5, 5.41) is 2.21. The van der Waals surface area contributed by atoms with Crippen molar-refractivity contribution in [2.45, 2.75) is 38.9 Å². The number of fused-ring (bicyclic) bond motifs is 3. The fraction of sp³-hybridized carbons (Fsp3) is 0.333. The van der Waals surface area contributed by atoms with E-state index in [0.717, 1.165) is 33.0 Å². The summed E-state index contributed by atoms with van der Waals surface area (Å²) in [5.74, 6) is 0. The van der Waals surface area contributed by atoms with Gasteiger partial charge in [-0.05, 0) is 56.9 Å². The summed E-state index contributed by atoms with van der Waals surface area (Å²) in [6.45, 7) is 8.56. The second-order valence-corrected chi connectivity index (χ2v) is 7.87. The lowest BCUT2D eigenvalue weighted by Gasteiger charge is -2.32. The van der Waals surface area contributed by atoms with Crippen molar-refractivity contribution >= 4 is 35.1 Å². The van der Waals surface area contributed by atoms with Crippen LogP contribution in [0.5, 0.6) is 0 Å². The van der Waals surface area contributed by atoms with E-state index < -0.39 is 7.12 Å². The Kier molecular flexibility index (Phi) is 3.99. The molecule has 0 radical (unpaired) electrons. The molecular formula is C21H24BNO3. The first kappa shape index (κ1) is 17.3. The van der Waals surface area contributed by atoms with Gasteiger partial charge in [0.15, 0.2) is 0 Å². The Morgan fingerprint density at radius 3 is 2.31 bits per heavy atom. The first-order chi connectivity index (χ1) is 12.3. The highest BCUT2D eigenvalue weighted by molar-refractivity contribution is 6.55. The van der Waals surface area contributed by atoms with Crippen LogP contribution < -0.4 is 5.73 Å². The molecule has 0 saturated carbocycles. The van der Waals surface area contributed by atoms with Crippen LogP contribution in [0.4, 0.5) is 0 Å². The highest BCUT2D eigenvalue weighted by atomic mass is 16.7. The summed E-state index contributed by atoms with van der Waals surface area (Å²) in [6, 6.07) is 14.2. The molecule has 1 saturated heterocycles. The molecule has 26 heavy (non-hydrogen) atoms. The molecule has 0 unspecified atom stereocenters. The van der Waals surface area contributed by atoms with Gasteiger partial charge in [0.05, 0.1) is 11.2 Å². The van der Waals surface area contributed by atoms with Gasteiger partial charge in [0, 0.05) is 17.3 Å². The average molecular weight is 349 g/mol. The molecule has 0 amide bonds. The molecule has 4 rings (SSSR count). The van der Waals surface area contributed by atoms with Gasteiger partial charge in [-0.15, -0.1) is 0 Å². The van der Waals surface area contributed by atoms with E-state index in [4.69, 9.17) is 19.5 Å². The van der Waals surface area contributed by atoms with Gasteiger partial charge < -0.3 is 19.5 Å². The van der Waals surface area contributed by atoms with E-state index in [1.54, 1.807) is 0 Å². The predicted octanol–water partition coefficient (Wildman–Crippen LogP) is 4.56. The molecule has 0 atom stereocenters. The maximum absolute atomic E-state index is 6.14. The van der Waals surface area contributed by atoms with Crippen LogP contribution >= 0.6 is 0 Å². The van der Waals surface area contributed by atoms with Crippen molar-refractivity contribution in [3.05, 3.63) is 53.5 Å². The fourth-order valence-electron chi connectivity index (χ4n) is 3.27. The maximum atomic E-state index is 6.14. The van der Waals surface area contributed by atoms with Gasteiger partial charge in [-0.25, -0.2) is 0 Å². The van der Waals surface area contributed by atoms with Gasteiger partial charge in [-0.3, -0.25) is 0 Å². The van der Waals surface area contributed by atoms with E-state index in [1.807, 2.05) is 58.0 Å². The average Bonchev–Trinajstić information content (AvgIpc) is 3.06. The fourth-order valence-corrected chi connectivity index (χ4v) is 3.27. The summed E-state index contributed by atoms with van der Waals surface area (Å²) < 4.78 is 18.2. The van der Waals surface area contributed by atoms with Gasteiger partial charge in [0.1, 0.15) is 11.2 Å². The number of benzene rings is 2. The van der Waals surface area contributed by atoms with Crippen LogP contribution in [0.2, 0.25) is 0 Å². The molecule has 1 fully saturated rings. The Bertz CT molecular complexity index is 987. The molecular weight excluding hydrogens is 325 g/mol. The number of hydrogen-bond donors (Lipinski definition) is 1. The van der Waals surface area contributed by atoms with Crippen molar-refractivity contribution in [1.82, 2.24) is 0 Å². The number of rotatable bonds is 3. The van der Waals surface area contributed by atoms with Crippen LogP contribution in [0.25, 0.3) is 28.0 Å². The minimum atomic E-state index is -0.429. The molecule has 1 aliphatic heterocycles. The van der Waals surface area contributed by atoms with Crippen molar-refractivity contribution in [3.63, 3.8) is 0 Å². The van der Waals surface area contributed by atoms with Crippen LogP contribution in [0.15, 0.2) is 52.4 Å². The minimum absolute atomic E-state index is 0.376. The monoisotopic (exact) mass is 349 g/mol. The first-order valence-electron chi connectivity index (χ1n) is 8.98. The highest BCUT2D eigenvalue weighted by Crippen LogP contribution is 2.39. The third kappa shape index (κ3) is 2.76. The zero-order valence-electron chi connectivity index (χ0n) is 15.7. The SMILES string of the molecule is CC1(C)OB(C(=Cc2ccc3oc4ccccc4c3c2)CN)OC1(C)C. The Balaban J connectivity index is 1.73. The third-order valence-electron chi connectivity index (χ3n) is 5.54. The van der Waals surface area contributed by atoms with Crippen molar-refractivity contribution in [3.8, 4) is 0 Å². The predicted molar refractivity (Wildman–Crippen MR) is 107 cm³/mol. The molecule has 4 nitrogen and oxygen atoms in total. The molecule has 2 N–H and O–H groups in total. The summed E-state index contributed by atoms with van der Waals surface area (Å²) in [4.78, 5) is 0. The number of para-hydroxylation sites is 1. The molecule has 0 aliphatic carbocycles. The summed E-state index contributed by atoms with van der Waals surface area (Å²) in [5.41, 5.74) is 9.02. The topological polar surface area (TPSA) is 57.6 Å². The second-order valence-electron chi connectivity index (χ2n) is 7.87. The molecule has 0 spiro atoms. The summed E-state index contributed by atoms with van der Waals surface area (Å²) in [6.07, 6.45) is 2.06. The molecule has 2 heterocycles. The van der Waals surface area contributed by atoms with E-state index in [9.17, 15) is 0 Å². The smallest absolute Gasteiger partial charge is 0.456 e. The zero-order valence-corrected chi connectivity index (χ0v) is 15.7. The quantitative estimate of drug-likeness (QED) is 0.705. The molecule has 1 aromatic heterocycles. The largest absolute Gasteiger partial charge is 0.491 e. The number of hydrogen-bond acceptors (Lipinski definition) is 4. The Hall–Kier alpha value is -2.08. The Morgan fingerprint density at radius 2 is 1.62 bits per heavy atom. The molecule has 5 heteroatoms. The van der Waals surface area contributed by atoms with Gasteiger partial charge in [0.2, 0.25) is 0 Å². The van der Waals surface area contributed by atoms with Crippen molar-refractivity contribution in [2.75, 3.05) is 6.54 Å². The number of furan rings is 1. The lowest BCUT2D eigenvalue weighted by molar-refractivity contribution is 0.00578. The zero-order chi connectivity index (χ0) is 18.5. The van der Waals surface area contributed by atoms with E-state index in [2.05, 4.69) is 18.2 Å². The van der Waals surface area contributed by atoms with Crippen LogP contribution in [-0.4, -0.2) is 24.9 Å². The highest BCUT2D eigenvalue weighted by Gasteiger charge is 2.52. The van der Waals surface area contributed by atoms with Gasteiger partial charge >= 0.3 is 7.12 Å². The molecule has 134 valence electrons. The van der Waals surface area contributed by atoms with Crippen molar-refractivity contribution in [1.29, 1.82) is 0 Å². The van der Waals surface area contributed by atoms with Crippen LogP contribution in [0.1, 0.15) is 33.3 Å². The van der Waals surface area contributed by atoms with Crippen molar-refractivity contribution in [2.24, 2.45) is 5.73 Å². The van der Waals surface area contributed by atoms with E-state index in [0.29, 0.717) is 6.54 Å². The summed E-state index contributed by atoms with van der Waals surface area (Å²) in [7, 11) is -0.429. The lowest BCUT2D eigenvalue weighted by atomic mass is 9.77. The van der Waals surface area contributed by atoms with Gasteiger partial charge in [0.25, 0.3) is 0 Å². The van der Waals surface area contributed by atoms with Gasteiger partial charge in [-0.2, -0.15) is 0 Å². The standard InChI is InChI=1S/C21H24BNO3/c1-20(2)21(3,4)26-22(25-20)15(13-23)11-14-9-10-19-17(12-14)16-7-5-6-8-18(16)24-19/h5-12H,13,23H2,1-4H3. The van der Waals surface area contributed by atoms with E-state index in [-0.39, 0.29) is 11.2 Å². The Labute approximate surface area is 154 Å². The molecule has 3 aromatic rings. The molecule has 0 bridgehead atoms. The van der Waals surface area contributed by atoms with E-state index >= 15 is 0 Å².